The van der Waals surface area contributed by atoms with Crippen molar-refractivity contribution >= 4 is 33.8 Å². The summed E-state index contributed by atoms with van der Waals surface area (Å²) in [5.41, 5.74) is -0.173. The number of nitrogens with zero attached hydrogens (tertiary/aromatic N) is 1. The Hall–Kier alpha value is -0.480. The highest BCUT2D eigenvalue weighted by Crippen LogP contribution is 2.24. The molecule has 0 atom stereocenters. The van der Waals surface area contributed by atoms with Crippen LogP contribution in [0.3, 0.4) is 0 Å². The Bertz CT molecular complexity index is 305. The highest BCUT2D eigenvalue weighted by atomic mass is 79.9. The van der Waals surface area contributed by atoms with Gasteiger partial charge in [-0.1, -0.05) is 11.6 Å². The van der Waals surface area contributed by atoms with Crippen molar-refractivity contribution in [2.24, 2.45) is 0 Å². The number of carbonyl (C=O) groups excluding carboxylic acids is 1. The van der Waals surface area contributed by atoms with Gasteiger partial charge in [0.1, 0.15) is 4.60 Å². The molecule has 1 aromatic heterocycles. The number of pyridine rings is 1. The highest BCUT2D eigenvalue weighted by molar-refractivity contribution is 9.10. The fraction of sp³-hybridized carbons (Fsp3) is 0. The zero-order valence-corrected chi connectivity index (χ0v) is 7.49. The predicted octanol–water partition coefficient (Wildman–Crippen LogP) is 2.45. The van der Waals surface area contributed by atoms with Gasteiger partial charge in [0.2, 0.25) is 0 Å². The molecule has 0 saturated carbocycles. The summed E-state index contributed by atoms with van der Waals surface area (Å²) in [4.78, 5) is 13.8. The van der Waals surface area contributed by atoms with Crippen molar-refractivity contribution in [1.82, 2.24) is 4.98 Å². The van der Waals surface area contributed by atoms with Crippen LogP contribution in [0.4, 0.5) is 4.39 Å². The maximum absolute atomic E-state index is 12.6. The third kappa shape index (κ3) is 1.57. The molecule has 0 saturated heterocycles. The molecule has 0 radical (unpaired) electrons. The summed E-state index contributed by atoms with van der Waals surface area (Å²) in [5.74, 6) is -0.715. The van der Waals surface area contributed by atoms with E-state index in [2.05, 4.69) is 20.9 Å². The molecule has 1 rings (SSSR count). The Morgan fingerprint density at radius 1 is 1.73 bits per heavy atom. The molecule has 1 aromatic rings. The Morgan fingerprint density at radius 3 is 2.82 bits per heavy atom. The second-order valence-corrected chi connectivity index (χ2v) is 2.87. The molecule has 2 nitrogen and oxygen atoms in total. The summed E-state index contributed by atoms with van der Waals surface area (Å²) in [6, 6.07) is 0. The van der Waals surface area contributed by atoms with E-state index in [1.165, 1.54) is 0 Å². The van der Waals surface area contributed by atoms with E-state index in [9.17, 15) is 9.18 Å². The minimum Gasteiger partial charge on any atom is -0.298 e. The average Bonchev–Trinajstić information content (AvgIpc) is 1.99. The number of hydrogen-bond acceptors (Lipinski definition) is 2. The molecule has 0 fully saturated rings. The number of hydrogen-bond donors (Lipinski definition) is 0. The topological polar surface area (TPSA) is 30.0 Å². The third-order valence-electron chi connectivity index (χ3n) is 1.08. The van der Waals surface area contributed by atoms with Crippen LogP contribution in [-0.2, 0) is 0 Å². The van der Waals surface area contributed by atoms with Crippen LogP contribution >= 0.6 is 27.5 Å². The van der Waals surface area contributed by atoms with Crippen LogP contribution in [0, 0.1) is 5.82 Å². The van der Waals surface area contributed by atoms with E-state index in [4.69, 9.17) is 11.6 Å². The molecule has 0 spiro atoms. The average molecular weight is 238 g/mol. The van der Waals surface area contributed by atoms with Gasteiger partial charge in [0.05, 0.1) is 16.8 Å². The quantitative estimate of drug-likeness (QED) is 0.556. The van der Waals surface area contributed by atoms with Gasteiger partial charge < -0.3 is 0 Å². The molecule has 0 N–H and O–H groups in total. The zero-order valence-electron chi connectivity index (χ0n) is 5.14. The van der Waals surface area contributed by atoms with Crippen molar-refractivity contribution < 1.29 is 9.18 Å². The van der Waals surface area contributed by atoms with E-state index in [-0.39, 0.29) is 15.2 Å². The molecule has 1 heterocycles. The lowest BCUT2D eigenvalue weighted by Crippen LogP contribution is -1.92. The summed E-state index contributed by atoms with van der Waals surface area (Å²) >= 11 is 8.47. The lowest BCUT2D eigenvalue weighted by Gasteiger charge is -1.98. The van der Waals surface area contributed by atoms with E-state index in [0.29, 0.717) is 6.29 Å². The lowest BCUT2D eigenvalue weighted by molar-refractivity contribution is 0.111. The summed E-state index contributed by atoms with van der Waals surface area (Å²) in [5, 5.41) is 0.000000000000000222. The molecule has 0 aliphatic carbocycles. The van der Waals surface area contributed by atoms with Gasteiger partial charge in [0, 0.05) is 0 Å². The largest absolute Gasteiger partial charge is 0.298 e. The number of rotatable bonds is 1. The molecule has 0 unspecified atom stereocenters. The molecule has 0 bridgehead atoms. The smallest absolute Gasteiger partial charge is 0.154 e. The van der Waals surface area contributed by atoms with Crippen molar-refractivity contribution in [1.29, 1.82) is 0 Å². The van der Waals surface area contributed by atoms with Crippen LogP contribution in [0.1, 0.15) is 10.4 Å². The minimum atomic E-state index is -0.715. The maximum Gasteiger partial charge on any atom is 0.154 e. The number of aldehydes is 1. The first-order valence-electron chi connectivity index (χ1n) is 2.61. The van der Waals surface area contributed by atoms with Crippen LogP contribution in [0.2, 0.25) is 5.02 Å². The van der Waals surface area contributed by atoms with Gasteiger partial charge in [0.15, 0.2) is 12.1 Å². The van der Waals surface area contributed by atoms with Crippen molar-refractivity contribution in [3.8, 4) is 0 Å². The second kappa shape index (κ2) is 3.28. The van der Waals surface area contributed by atoms with Crippen molar-refractivity contribution in [3.63, 3.8) is 0 Å². The van der Waals surface area contributed by atoms with E-state index < -0.39 is 5.82 Å². The molecule has 58 valence electrons. The zero-order chi connectivity index (χ0) is 8.43. The molecular formula is C6H2BrClFNO. The van der Waals surface area contributed by atoms with Gasteiger partial charge in [-0.3, -0.25) is 4.79 Å². The van der Waals surface area contributed by atoms with Crippen molar-refractivity contribution in [3.05, 3.63) is 27.2 Å². The summed E-state index contributed by atoms with van der Waals surface area (Å²) in [6.45, 7) is 0. The van der Waals surface area contributed by atoms with Crippen molar-refractivity contribution in [2.75, 3.05) is 0 Å². The van der Waals surface area contributed by atoms with Crippen LogP contribution in [0.15, 0.2) is 10.8 Å². The highest BCUT2D eigenvalue weighted by Gasteiger charge is 2.09. The predicted molar refractivity (Wildman–Crippen MR) is 42.3 cm³/mol. The number of aromatic nitrogens is 1. The minimum absolute atomic E-state index is 0.000000000000000222. The van der Waals surface area contributed by atoms with E-state index in [1.54, 1.807) is 0 Å². The second-order valence-electron chi connectivity index (χ2n) is 1.74. The molecule has 0 aliphatic rings. The van der Waals surface area contributed by atoms with E-state index in [0.717, 1.165) is 6.20 Å². The summed E-state index contributed by atoms with van der Waals surface area (Å²) in [7, 11) is 0. The molecule has 5 heteroatoms. The first kappa shape index (κ1) is 8.62. The fourth-order valence-corrected chi connectivity index (χ4v) is 1.06. The van der Waals surface area contributed by atoms with Gasteiger partial charge in [-0.15, -0.1) is 0 Å². The first-order valence-corrected chi connectivity index (χ1v) is 3.78. The van der Waals surface area contributed by atoms with E-state index >= 15 is 0 Å². The number of halogens is 3. The number of carbonyl (C=O) groups is 1. The Balaban J connectivity index is 3.40. The third-order valence-corrected chi connectivity index (χ3v) is 2.30. The van der Waals surface area contributed by atoms with Gasteiger partial charge in [0.25, 0.3) is 0 Å². The molecule has 11 heavy (non-hydrogen) atoms. The van der Waals surface area contributed by atoms with Gasteiger partial charge >= 0.3 is 0 Å². The molecular weight excluding hydrogens is 236 g/mol. The SMILES string of the molecule is O=Cc1c(F)cnc(Br)c1Cl. The summed E-state index contributed by atoms with van der Waals surface area (Å²) in [6.07, 6.45) is 1.28. The maximum atomic E-state index is 12.6. The summed E-state index contributed by atoms with van der Waals surface area (Å²) < 4.78 is 12.9. The van der Waals surface area contributed by atoms with Crippen LogP contribution < -0.4 is 0 Å². The van der Waals surface area contributed by atoms with Gasteiger partial charge in [-0.2, -0.15) is 0 Å². The lowest BCUT2D eigenvalue weighted by atomic mass is 10.3. The molecule has 0 aromatic carbocycles. The Kier molecular flexibility index (Phi) is 2.57. The first-order chi connectivity index (χ1) is 5.16. The van der Waals surface area contributed by atoms with Crippen LogP contribution in [0.5, 0.6) is 0 Å². The normalized spacial score (nSPS) is 9.73. The van der Waals surface area contributed by atoms with Gasteiger partial charge in [-0.25, -0.2) is 9.37 Å². The monoisotopic (exact) mass is 237 g/mol. The fourth-order valence-electron chi connectivity index (χ4n) is 0.564. The van der Waals surface area contributed by atoms with E-state index in [1.807, 2.05) is 0 Å². The Morgan fingerprint density at radius 2 is 2.36 bits per heavy atom. The molecule has 0 aliphatic heterocycles. The van der Waals surface area contributed by atoms with Crippen molar-refractivity contribution in [2.45, 2.75) is 0 Å². The van der Waals surface area contributed by atoms with Crippen LogP contribution in [0.25, 0.3) is 0 Å². The van der Waals surface area contributed by atoms with Crippen LogP contribution in [-0.4, -0.2) is 11.3 Å². The Labute approximate surface area is 75.5 Å². The molecule has 0 amide bonds. The standard InChI is InChI=1S/C6H2BrClFNO/c7-6-5(8)3(2-11)4(9)1-10-6/h1-2H. The van der Waals surface area contributed by atoms with Gasteiger partial charge in [-0.05, 0) is 15.9 Å².